The minimum Gasteiger partial charge on any atom is -0.269 e. The van der Waals surface area contributed by atoms with Crippen LogP contribution >= 0.6 is 0 Å². The van der Waals surface area contributed by atoms with Gasteiger partial charge in [-0.3, -0.25) is 4.70 Å². The van der Waals surface area contributed by atoms with Gasteiger partial charge in [0.25, 0.3) is 6.08 Å². The Labute approximate surface area is 55.9 Å². The molecule has 0 aromatic carbocycles. The average Bonchev–Trinajstić information content (AvgIpc) is 1.65. The lowest BCUT2D eigenvalue weighted by atomic mass is 10.5. The van der Waals surface area contributed by atoms with E-state index in [2.05, 4.69) is 6.58 Å². The van der Waals surface area contributed by atoms with Gasteiger partial charge < -0.3 is 0 Å². The minimum absolute atomic E-state index is 0. The van der Waals surface area contributed by atoms with Gasteiger partial charge in [-0.1, -0.05) is 0 Å². The second-order valence-corrected chi connectivity index (χ2v) is 1.27. The van der Waals surface area contributed by atoms with Crippen LogP contribution in [0.2, 0.25) is 0 Å². The first-order valence-electron chi connectivity index (χ1n) is 2.20. The zero-order chi connectivity index (χ0) is 7.86. The highest BCUT2D eigenvalue weighted by Gasteiger charge is 1.89. The minimum atomic E-state index is -1.83. The van der Waals surface area contributed by atoms with Gasteiger partial charge in [0.05, 0.1) is 0 Å². The highest BCUT2D eigenvalue weighted by atomic mass is 19.3. The van der Waals surface area contributed by atoms with Crippen LogP contribution in [0.15, 0.2) is 12.7 Å². The summed E-state index contributed by atoms with van der Waals surface area (Å²) in [5, 5.41) is 0. The highest BCUT2D eigenvalue weighted by molar-refractivity contribution is 4.57. The summed E-state index contributed by atoms with van der Waals surface area (Å²) in [6.07, 6.45) is -3.12. The Kier molecular flexibility index (Phi) is 18.2. The van der Waals surface area contributed by atoms with Crippen molar-refractivity contribution in [3.8, 4) is 0 Å². The van der Waals surface area contributed by atoms with Crippen LogP contribution in [0.5, 0.6) is 0 Å². The van der Waals surface area contributed by atoms with Crippen LogP contribution in [0.4, 0.5) is 22.3 Å². The van der Waals surface area contributed by atoms with Crippen LogP contribution in [-0.4, -0.2) is 12.8 Å². The van der Waals surface area contributed by atoms with Crippen molar-refractivity contribution in [2.45, 2.75) is 13.1 Å². The molecule has 0 aliphatic carbocycles. The van der Waals surface area contributed by atoms with Crippen LogP contribution < -0.4 is 0 Å². The Morgan fingerprint density at radius 3 is 1.60 bits per heavy atom. The smallest absolute Gasteiger partial charge is 0.263 e. The van der Waals surface area contributed by atoms with Crippen LogP contribution in [0.3, 0.4) is 0 Å². The van der Waals surface area contributed by atoms with Crippen molar-refractivity contribution in [2.75, 3.05) is 6.67 Å². The van der Waals surface area contributed by atoms with Crippen molar-refractivity contribution in [2.24, 2.45) is 0 Å². The summed E-state index contributed by atoms with van der Waals surface area (Å²) in [6.45, 7) is 2.54. The molecule has 0 saturated carbocycles. The fourth-order valence-electron chi connectivity index (χ4n) is 0. The summed E-state index contributed by atoms with van der Waals surface area (Å²) in [6, 6.07) is 0. The van der Waals surface area contributed by atoms with Crippen molar-refractivity contribution < 1.29 is 22.3 Å². The van der Waals surface area contributed by atoms with Crippen molar-refractivity contribution in [3.05, 3.63) is 12.7 Å². The van der Waals surface area contributed by atoms with E-state index in [9.17, 15) is 17.6 Å². The summed E-state index contributed by atoms with van der Waals surface area (Å²) < 4.78 is 42.1. The molecule has 0 aromatic heterocycles. The molecule has 0 aliphatic heterocycles. The Morgan fingerprint density at radius 2 is 1.60 bits per heavy atom. The molecule has 0 N–H and O–H groups in total. The fraction of sp³-hybridized carbons (Fsp3) is 0.600. The molecular weight excluding hydrogens is 155 g/mol. The summed E-state index contributed by atoms with van der Waals surface area (Å²) in [7, 11) is 0. The predicted molar refractivity (Wildman–Crippen MR) is 30.4 cm³/mol. The zero-order valence-electron chi connectivity index (χ0n) is 5.41. The summed E-state index contributed by atoms with van der Waals surface area (Å²) in [4.78, 5) is 0. The highest BCUT2D eigenvalue weighted by Crippen LogP contribution is 1.85. The Bertz CT molecular complexity index is 66.4. The maximum Gasteiger partial charge on any atom is 0.263 e. The van der Waals surface area contributed by atoms with Crippen LogP contribution in [-0.2, 0) is 0 Å². The molecule has 1 unspecified atom stereocenters. The number of hydrogen-bond donors (Lipinski definition) is 0. The van der Waals surface area contributed by atoms with E-state index in [-0.39, 0.29) is 4.70 Å². The molecule has 10 heavy (non-hydrogen) atoms. The van der Waals surface area contributed by atoms with E-state index in [0.29, 0.717) is 0 Å². The van der Waals surface area contributed by atoms with E-state index in [1.54, 1.807) is 0 Å². The molecule has 1 atom stereocenters. The first-order valence-corrected chi connectivity index (χ1v) is 2.20. The maximum absolute atomic E-state index is 11.1. The number of alkyl halides is 2. The number of hydrogen-bond acceptors (Lipinski definition) is 0. The molecule has 0 heterocycles. The first kappa shape index (κ1) is 16.2. The van der Waals surface area contributed by atoms with E-state index in [1.807, 2.05) is 0 Å². The van der Waals surface area contributed by atoms with Gasteiger partial charge >= 0.3 is 0 Å². The fourth-order valence-corrected chi connectivity index (χ4v) is 0. The van der Waals surface area contributed by atoms with Gasteiger partial charge in [-0.25, -0.2) is 8.78 Å². The molecule has 0 nitrogen and oxygen atoms in total. The van der Waals surface area contributed by atoms with Gasteiger partial charge in [0.15, 0.2) is 0 Å². The Hall–Kier alpha value is -0.610. The van der Waals surface area contributed by atoms with Gasteiger partial charge in [0.2, 0.25) is 0 Å². The molecule has 0 fully saturated rings. The largest absolute Gasteiger partial charge is 0.269 e. The Morgan fingerprint density at radius 1 is 1.50 bits per heavy atom. The lowest BCUT2D eigenvalue weighted by molar-refractivity contribution is 0.281. The standard InChI is InChI=1S/C3H6F2.C2H2F2.FH/c1-3(5)2-4;1-2(3)4;/h3H,2H2,1H3;1H2;1H. The van der Waals surface area contributed by atoms with Gasteiger partial charge in [-0.05, 0) is 13.5 Å². The van der Waals surface area contributed by atoms with Gasteiger partial charge in [-0.15, -0.1) is 0 Å². The predicted octanol–water partition coefficient (Wildman–Crippen LogP) is 2.86. The molecule has 0 aromatic rings. The molecular formula is C5H9F5. The lowest BCUT2D eigenvalue weighted by Crippen LogP contribution is -1.91. The van der Waals surface area contributed by atoms with E-state index in [1.165, 1.54) is 6.92 Å². The zero-order valence-corrected chi connectivity index (χ0v) is 5.41. The third-order valence-corrected chi connectivity index (χ3v) is 0.213. The number of halogens is 5. The van der Waals surface area contributed by atoms with Gasteiger partial charge in [0.1, 0.15) is 12.8 Å². The average molecular weight is 164 g/mol. The third-order valence-electron chi connectivity index (χ3n) is 0.213. The van der Waals surface area contributed by atoms with Gasteiger partial charge in [-0.2, -0.15) is 8.78 Å². The van der Waals surface area contributed by atoms with Crippen molar-refractivity contribution in [3.63, 3.8) is 0 Å². The van der Waals surface area contributed by atoms with Crippen LogP contribution in [0.25, 0.3) is 0 Å². The van der Waals surface area contributed by atoms with Crippen LogP contribution in [0.1, 0.15) is 6.92 Å². The molecule has 5 heteroatoms. The summed E-state index contributed by atoms with van der Waals surface area (Å²) in [5.41, 5.74) is 0. The second kappa shape index (κ2) is 11.2. The molecule has 0 rings (SSSR count). The molecule has 0 saturated heterocycles. The van der Waals surface area contributed by atoms with Crippen molar-refractivity contribution >= 4 is 0 Å². The number of rotatable bonds is 1. The topological polar surface area (TPSA) is 0 Å². The molecule has 0 aliphatic rings. The van der Waals surface area contributed by atoms with E-state index >= 15 is 0 Å². The summed E-state index contributed by atoms with van der Waals surface area (Å²) in [5.74, 6) is 0. The monoisotopic (exact) mass is 164 g/mol. The first-order chi connectivity index (χ1) is 4.00. The third kappa shape index (κ3) is 156. The van der Waals surface area contributed by atoms with E-state index in [0.717, 1.165) is 0 Å². The van der Waals surface area contributed by atoms with Gasteiger partial charge in [0, 0.05) is 0 Å². The lowest BCUT2D eigenvalue weighted by Gasteiger charge is -1.83. The summed E-state index contributed by atoms with van der Waals surface area (Å²) >= 11 is 0. The molecule has 0 radical (unpaired) electrons. The molecule has 0 spiro atoms. The second-order valence-electron chi connectivity index (χ2n) is 1.27. The van der Waals surface area contributed by atoms with Crippen LogP contribution in [0, 0.1) is 0 Å². The SMILES string of the molecule is C=C(F)F.CC(F)CF.F. The van der Waals surface area contributed by atoms with Crippen molar-refractivity contribution in [1.82, 2.24) is 0 Å². The normalized spacial score (nSPS) is 10.1. The quantitative estimate of drug-likeness (QED) is 0.522. The van der Waals surface area contributed by atoms with E-state index < -0.39 is 18.9 Å². The molecule has 64 valence electrons. The molecule has 0 amide bonds. The maximum atomic E-state index is 11.1. The Balaban J connectivity index is -0.0000000910. The van der Waals surface area contributed by atoms with Crippen molar-refractivity contribution in [1.29, 1.82) is 0 Å². The van der Waals surface area contributed by atoms with E-state index in [4.69, 9.17) is 0 Å². The molecule has 0 bridgehead atoms.